The van der Waals surface area contributed by atoms with Crippen molar-refractivity contribution in [2.45, 2.75) is 45.2 Å². The first kappa shape index (κ1) is 19.8. The molecule has 0 saturated heterocycles. The molecule has 2 N–H and O–H groups in total. The van der Waals surface area contributed by atoms with Crippen LogP contribution in [0, 0.1) is 0 Å². The lowest BCUT2D eigenvalue weighted by Crippen LogP contribution is -2.34. The number of carbonyl (C=O) groups is 1. The smallest absolute Gasteiger partial charge is 0.290 e. The van der Waals surface area contributed by atoms with Gasteiger partial charge in [0.15, 0.2) is 0 Å². The third-order valence-electron chi connectivity index (χ3n) is 4.97. The number of carboxylic acid groups (broad SMARTS) is 1. The Hall–Kier alpha value is -2.99. The first-order valence-corrected chi connectivity index (χ1v) is 9.57. The van der Waals surface area contributed by atoms with E-state index in [9.17, 15) is 0 Å². The molecule has 1 saturated carbocycles. The van der Waals surface area contributed by atoms with E-state index in [1.54, 1.807) is 0 Å². The highest BCUT2D eigenvalue weighted by atomic mass is 16.5. The van der Waals surface area contributed by atoms with E-state index in [0.717, 1.165) is 24.1 Å². The van der Waals surface area contributed by atoms with E-state index in [0.29, 0.717) is 17.8 Å². The number of nitrogens with one attached hydrogen (secondary N) is 1. The summed E-state index contributed by atoms with van der Waals surface area (Å²) in [5.41, 5.74) is 4.51. The van der Waals surface area contributed by atoms with E-state index in [-0.39, 0.29) is 6.47 Å². The van der Waals surface area contributed by atoms with Gasteiger partial charge in [-0.3, -0.25) is 4.79 Å². The van der Waals surface area contributed by atoms with E-state index in [1.165, 1.54) is 30.4 Å². The Morgan fingerprint density at radius 1 is 1.18 bits per heavy atom. The molecule has 146 valence electrons. The van der Waals surface area contributed by atoms with Crippen LogP contribution in [0.15, 0.2) is 53.1 Å². The zero-order chi connectivity index (χ0) is 19.8. The van der Waals surface area contributed by atoms with Crippen LogP contribution in [-0.4, -0.2) is 27.8 Å². The number of hydrogen-bond donors (Lipinski definition) is 2. The third kappa shape index (κ3) is 4.84. The van der Waals surface area contributed by atoms with E-state index < -0.39 is 0 Å². The normalized spacial score (nSPS) is 13.3. The van der Waals surface area contributed by atoms with E-state index in [1.807, 2.05) is 18.2 Å². The molecule has 0 aliphatic heterocycles. The van der Waals surface area contributed by atoms with Gasteiger partial charge in [-0.05, 0) is 36.5 Å². The molecule has 6 nitrogen and oxygen atoms in total. The monoisotopic (exact) mass is 379 g/mol. The average Bonchev–Trinajstić information content (AvgIpc) is 3.18. The summed E-state index contributed by atoms with van der Waals surface area (Å²) in [6, 6.07) is 17.3. The lowest BCUT2D eigenvalue weighted by atomic mass is 9.93. The van der Waals surface area contributed by atoms with Crippen LogP contribution in [0.2, 0.25) is 0 Å². The Labute approximate surface area is 164 Å². The van der Waals surface area contributed by atoms with Crippen molar-refractivity contribution in [3.63, 3.8) is 0 Å². The van der Waals surface area contributed by atoms with Crippen LogP contribution in [-0.2, 0) is 17.8 Å². The first-order chi connectivity index (χ1) is 13.7. The highest BCUT2D eigenvalue weighted by Gasteiger charge is 2.16. The minimum Gasteiger partial charge on any atom is -0.483 e. The van der Waals surface area contributed by atoms with E-state index in [2.05, 4.69) is 52.7 Å². The van der Waals surface area contributed by atoms with Crippen LogP contribution in [0.25, 0.3) is 22.8 Å². The molecular formula is C22H25N3O3. The molecule has 1 heterocycles. The first-order valence-electron chi connectivity index (χ1n) is 9.57. The van der Waals surface area contributed by atoms with Crippen molar-refractivity contribution < 1.29 is 14.4 Å². The molecular weight excluding hydrogens is 354 g/mol. The number of aromatic nitrogens is 2. The van der Waals surface area contributed by atoms with Crippen molar-refractivity contribution in [2.24, 2.45) is 0 Å². The van der Waals surface area contributed by atoms with Gasteiger partial charge >= 0.3 is 0 Å². The highest BCUT2D eigenvalue weighted by molar-refractivity contribution is 5.62. The topological polar surface area (TPSA) is 88.3 Å². The van der Waals surface area contributed by atoms with Crippen molar-refractivity contribution in [3.05, 3.63) is 59.7 Å². The largest absolute Gasteiger partial charge is 0.483 e. The fourth-order valence-corrected chi connectivity index (χ4v) is 3.13. The molecule has 1 aliphatic carbocycles. The number of hydrogen-bond acceptors (Lipinski definition) is 5. The van der Waals surface area contributed by atoms with Gasteiger partial charge < -0.3 is 14.9 Å². The minimum atomic E-state index is -0.250. The van der Waals surface area contributed by atoms with Gasteiger partial charge in [-0.1, -0.05) is 61.0 Å². The molecule has 2 aromatic carbocycles. The van der Waals surface area contributed by atoms with E-state index in [4.69, 9.17) is 14.4 Å². The van der Waals surface area contributed by atoms with Gasteiger partial charge in [-0.2, -0.15) is 4.98 Å². The summed E-state index contributed by atoms with van der Waals surface area (Å²) in [5.74, 6) is 1.22. The Morgan fingerprint density at radius 2 is 1.89 bits per heavy atom. The average molecular weight is 379 g/mol. The summed E-state index contributed by atoms with van der Waals surface area (Å²) in [4.78, 5) is 13.0. The van der Waals surface area contributed by atoms with Crippen molar-refractivity contribution in [1.29, 1.82) is 0 Å². The molecule has 0 unspecified atom stereocenters. The van der Waals surface area contributed by atoms with Crippen molar-refractivity contribution in [1.82, 2.24) is 15.5 Å². The van der Waals surface area contributed by atoms with Crippen LogP contribution >= 0.6 is 0 Å². The van der Waals surface area contributed by atoms with E-state index >= 15 is 0 Å². The number of rotatable bonds is 6. The second-order valence-corrected chi connectivity index (χ2v) is 6.74. The zero-order valence-corrected chi connectivity index (χ0v) is 16.0. The number of nitrogens with zero attached hydrogens (tertiary/aromatic N) is 2. The van der Waals surface area contributed by atoms with Gasteiger partial charge in [-0.25, -0.2) is 0 Å². The second-order valence-electron chi connectivity index (χ2n) is 6.74. The van der Waals surface area contributed by atoms with Gasteiger partial charge in [0.2, 0.25) is 5.82 Å². The predicted octanol–water partition coefficient (Wildman–Crippen LogP) is 4.31. The molecule has 6 heteroatoms. The van der Waals surface area contributed by atoms with Gasteiger partial charge in [0, 0.05) is 23.7 Å². The quantitative estimate of drug-likeness (QED) is 0.621. The Morgan fingerprint density at radius 3 is 2.54 bits per heavy atom. The highest BCUT2D eigenvalue weighted by Crippen LogP contribution is 2.25. The predicted molar refractivity (Wildman–Crippen MR) is 108 cm³/mol. The Balaban J connectivity index is 0.000000706. The lowest BCUT2D eigenvalue weighted by molar-refractivity contribution is -0.122. The fourth-order valence-electron chi connectivity index (χ4n) is 3.13. The van der Waals surface area contributed by atoms with Crippen molar-refractivity contribution in [3.8, 4) is 22.8 Å². The maximum absolute atomic E-state index is 8.36. The molecule has 28 heavy (non-hydrogen) atoms. The third-order valence-corrected chi connectivity index (χ3v) is 4.97. The zero-order valence-electron chi connectivity index (χ0n) is 16.0. The number of benzene rings is 2. The maximum atomic E-state index is 8.36. The molecule has 0 amide bonds. The van der Waals surface area contributed by atoms with Crippen LogP contribution in [0.4, 0.5) is 0 Å². The summed E-state index contributed by atoms with van der Waals surface area (Å²) >= 11 is 0. The molecule has 1 fully saturated rings. The molecule has 0 radical (unpaired) electrons. The molecule has 0 spiro atoms. The van der Waals surface area contributed by atoms with Gasteiger partial charge in [0.1, 0.15) is 0 Å². The summed E-state index contributed by atoms with van der Waals surface area (Å²) in [5, 5.41) is 14.6. The fraction of sp³-hybridized carbons (Fsp3) is 0.318. The Kier molecular flexibility index (Phi) is 6.92. The summed E-state index contributed by atoms with van der Waals surface area (Å²) < 4.78 is 5.51. The summed E-state index contributed by atoms with van der Waals surface area (Å²) in [6.45, 7) is 2.80. The van der Waals surface area contributed by atoms with Crippen LogP contribution < -0.4 is 5.32 Å². The minimum absolute atomic E-state index is 0.250. The Bertz CT molecular complexity index is 886. The molecule has 4 rings (SSSR count). The van der Waals surface area contributed by atoms with Gasteiger partial charge in [0.25, 0.3) is 12.4 Å². The summed E-state index contributed by atoms with van der Waals surface area (Å²) in [6.07, 6.45) is 4.92. The number of aryl methyl sites for hydroxylation is 1. The van der Waals surface area contributed by atoms with Crippen LogP contribution in [0.3, 0.4) is 0 Å². The molecule has 1 aliphatic rings. The van der Waals surface area contributed by atoms with Crippen molar-refractivity contribution >= 4 is 6.47 Å². The lowest BCUT2D eigenvalue weighted by Gasteiger charge is -2.26. The van der Waals surface area contributed by atoms with Crippen molar-refractivity contribution in [2.75, 3.05) is 0 Å². The van der Waals surface area contributed by atoms with Crippen LogP contribution in [0.1, 0.15) is 37.3 Å². The van der Waals surface area contributed by atoms with Gasteiger partial charge in [0.05, 0.1) is 0 Å². The molecule has 1 aromatic heterocycles. The summed E-state index contributed by atoms with van der Waals surface area (Å²) in [7, 11) is 0. The SMILES string of the molecule is CCc1ccccc1-c1nc(-c2ccc(CNC3CCC3)cc2)no1.O=CO. The molecule has 3 aromatic rings. The second kappa shape index (κ2) is 9.80. The van der Waals surface area contributed by atoms with Crippen LogP contribution in [0.5, 0.6) is 0 Å². The van der Waals surface area contributed by atoms with Gasteiger partial charge in [-0.15, -0.1) is 0 Å². The molecule has 0 atom stereocenters. The maximum Gasteiger partial charge on any atom is 0.290 e. The molecule has 0 bridgehead atoms. The standard InChI is InChI=1S/C21H23N3O.CH2O2/c1-2-16-6-3-4-9-19(16)21-23-20(24-25-21)17-12-10-15(11-13-17)14-22-18-7-5-8-18;2-1-3/h3-4,6,9-13,18,22H,2,5,7-8,14H2,1H3;1H,(H,2,3).